The molecule has 96 valence electrons. The maximum atomic E-state index is 13.4. The van der Waals surface area contributed by atoms with Gasteiger partial charge >= 0.3 is 0 Å². The number of benzene rings is 1. The second-order valence-corrected chi connectivity index (χ2v) is 5.52. The number of halogens is 3. The Bertz CT molecular complexity index is 557. The highest BCUT2D eigenvalue weighted by atomic mass is 35.5. The van der Waals surface area contributed by atoms with Gasteiger partial charge in [-0.05, 0) is 25.1 Å². The van der Waals surface area contributed by atoms with E-state index >= 15 is 0 Å². The van der Waals surface area contributed by atoms with Crippen molar-refractivity contribution in [1.82, 2.24) is 4.98 Å². The van der Waals surface area contributed by atoms with Crippen LogP contribution in [-0.4, -0.2) is 11.5 Å². The van der Waals surface area contributed by atoms with Crippen LogP contribution in [0.3, 0.4) is 0 Å². The van der Waals surface area contributed by atoms with Gasteiger partial charge in [-0.3, -0.25) is 0 Å². The van der Waals surface area contributed by atoms with Gasteiger partial charge in [-0.1, -0.05) is 23.2 Å². The number of nitrogens with two attached hydrogens (primary N) is 1. The Morgan fingerprint density at radius 1 is 1.28 bits per heavy atom. The molecule has 0 unspecified atom stereocenters. The van der Waals surface area contributed by atoms with Crippen LogP contribution < -0.4 is 5.73 Å². The van der Waals surface area contributed by atoms with Crippen LogP contribution in [0.2, 0.25) is 10.0 Å². The first-order chi connectivity index (χ1) is 8.61. The lowest BCUT2D eigenvalue weighted by Crippen LogP contribution is -1.99. The Labute approximate surface area is 119 Å². The van der Waals surface area contributed by atoms with Crippen molar-refractivity contribution in [2.24, 2.45) is 5.73 Å². The third kappa shape index (κ3) is 3.01. The molecule has 0 radical (unpaired) electrons. The molecule has 0 amide bonds. The molecular formula is C12H11Cl2FN2S. The molecule has 6 heteroatoms. The van der Waals surface area contributed by atoms with Gasteiger partial charge in [0.25, 0.3) is 0 Å². The van der Waals surface area contributed by atoms with Crippen LogP contribution >= 0.6 is 34.5 Å². The third-order valence-electron chi connectivity index (χ3n) is 2.43. The highest BCUT2D eigenvalue weighted by molar-refractivity contribution is 7.09. The van der Waals surface area contributed by atoms with Crippen LogP contribution in [0.4, 0.5) is 4.39 Å². The predicted molar refractivity (Wildman–Crippen MR) is 74.9 cm³/mol. The zero-order valence-electron chi connectivity index (χ0n) is 9.42. The van der Waals surface area contributed by atoms with E-state index in [0.29, 0.717) is 22.8 Å². The summed E-state index contributed by atoms with van der Waals surface area (Å²) in [7, 11) is 0. The topological polar surface area (TPSA) is 38.9 Å². The molecule has 0 saturated carbocycles. The summed E-state index contributed by atoms with van der Waals surface area (Å²) >= 11 is 13.2. The molecule has 0 spiro atoms. The molecule has 2 N–H and O–H groups in total. The molecule has 0 saturated heterocycles. The lowest BCUT2D eigenvalue weighted by atomic mass is 10.1. The zero-order valence-corrected chi connectivity index (χ0v) is 11.7. The predicted octanol–water partition coefficient (Wildman–Crippen LogP) is 4.15. The maximum absolute atomic E-state index is 13.4. The molecule has 1 aromatic carbocycles. The molecule has 0 fully saturated rings. The van der Waals surface area contributed by atoms with Gasteiger partial charge in [0.05, 0.1) is 20.7 Å². The smallest absolute Gasteiger partial charge is 0.142 e. The van der Waals surface area contributed by atoms with E-state index in [9.17, 15) is 4.39 Å². The molecule has 2 aromatic rings. The number of nitrogens with zero attached hydrogens (tertiary/aromatic N) is 1. The van der Waals surface area contributed by atoms with Crippen molar-refractivity contribution in [2.45, 2.75) is 12.8 Å². The number of aromatic nitrogens is 1. The number of hydrogen-bond donors (Lipinski definition) is 1. The van der Waals surface area contributed by atoms with E-state index in [1.54, 1.807) is 0 Å². The summed E-state index contributed by atoms with van der Waals surface area (Å²) in [5.74, 6) is -0.493. The van der Waals surface area contributed by atoms with Crippen molar-refractivity contribution in [1.29, 1.82) is 0 Å². The van der Waals surface area contributed by atoms with E-state index in [0.717, 1.165) is 17.8 Å². The van der Waals surface area contributed by atoms with Gasteiger partial charge < -0.3 is 5.73 Å². The zero-order chi connectivity index (χ0) is 13.1. The van der Waals surface area contributed by atoms with Gasteiger partial charge in [0, 0.05) is 17.4 Å². The van der Waals surface area contributed by atoms with Crippen molar-refractivity contribution in [3.05, 3.63) is 38.4 Å². The van der Waals surface area contributed by atoms with E-state index in [4.69, 9.17) is 28.9 Å². The number of thiazole rings is 1. The minimum absolute atomic E-state index is 0.0161. The van der Waals surface area contributed by atoms with E-state index in [2.05, 4.69) is 4.98 Å². The summed E-state index contributed by atoms with van der Waals surface area (Å²) in [5, 5.41) is 3.25. The van der Waals surface area contributed by atoms with Crippen molar-refractivity contribution in [3.63, 3.8) is 0 Å². The molecule has 18 heavy (non-hydrogen) atoms. The average Bonchev–Trinajstić information content (AvgIpc) is 2.79. The molecule has 0 aliphatic carbocycles. The average molecular weight is 305 g/mol. The van der Waals surface area contributed by atoms with Crippen molar-refractivity contribution >= 4 is 34.5 Å². The standard InChI is InChI=1S/C12H11Cl2FN2S/c13-8-5-9(14)10(15)4-7(8)11-6-18-12(17-11)2-1-3-16/h4-6H,1-3,16H2. The summed E-state index contributed by atoms with van der Waals surface area (Å²) < 4.78 is 13.4. The number of rotatable bonds is 4. The minimum Gasteiger partial charge on any atom is -0.330 e. The fourth-order valence-electron chi connectivity index (χ4n) is 1.52. The molecular weight excluding hydrogens is 294 g/mol. The monoisotopic (exact) mass is 304 g/mol. The van der Waals surface area contributed by atoms with Gasteiger partial charge in [-0.15, -0.1) is 11.3 Å². The Hall–Kier alpha value is -0.680. The Balaban J connectivity index is 2.31. The molecule has 0 aliphatic heterocycles. The SMILES string of the molecule is NCCCc1nc(-c2cc(F)c(Cl)cc2Cl)cs1. The fourth-order valence-corrected chi connectivity index (χ4v) is 2.84. The van der Waals surface area contributed by atoms with Crippen molar-refractivity contribution in [3.8, 4) is 11.3 Å². The molecule has 0 bridgehead atoms. The molecule has 1 heterocycles. The van der Waals surface area contributed by atoms with Crippen molar-refractivity contribution in [2.75, 3.05) is 6.54 Å². The normalized spacial score (nSPS) is 10.9. The van der Waals surface area contributed by atoms with Gasteiger partial charge in [-0.2, -0.15) is 0 Å². The van der Waals surface area contributed by atoms with Crippen LogP contribution in [0.15, 0.2) is 17.5 Å². The summed E-state index contributed by atoms with van der Waals surface area (Å²) in [6, 6.07) is 2.71. The van der Waals surface area contributed by atoms with E-state index in [1.165, 1.54) is 23.5 Å². The molecule has 2 nitrogen and oxygen atoms in total. The minimum atomic E-state index is -0.493. The molecule has 0 atom stereocenters. The molecule has 0 aliphatic rings. The first-order valence-electron chi connectivity index (χ1n) is 5.41. The Kier molecular flexibility index (Phi) is 4.56. The van der Waals surface area contributed by atoms with E-state index < -0.39 is 5.82 Å². The van der Waals surface area contributed by atoms with E-state index in [1.807, 2.05) is 5.38 Å². The van der Waals surface area contributed by atoms with Crippen molar-refractivity contribution < 1.29 is 4.39 Å². The van der Waals surface area contributed by atoms with Crippen LogP contribution in [-0.2, 0) is 6.42 Å². The summed E-state index contributed by atoms with van der Waals surface area (Å²) in [6.07, 6.45) is 1.71. The van der Waals surface area contributed by atoms with Gasteiger partial charge in [0.1, 0.15) is 5.82 Å². The van der Waals surface area contributed by atoms with Gasteiger partial charge in [0.2, 0.25) is 0 Å². The second kappa shape index (κ2) is 5.97. The molecule has 2 rings (SSSR count). The highest BCUT2D eigenvalue weighted by Crippen LogP contribution is 2.32. The maximum Gasteiger partial charge on any atom is 0.142 e. The number of aryl methyl sites for hydroxylation is 1. The van der Waals surface area contributed by atoms with Gasteiger partial charge in [0.15, 0.2) is 0 Å². The van der Waals surface area contributed by atoms with Crippen LogP contribution in [0.25, 0.3) is 11.3 Å². The van der Waals surface area contributed by atoms with E-state index in [-0.39, 0.29) is 5.02 Å². The number of hydrogen-bond acceptors (Lipinski definition) is 3. The summed E-state index contributed by atoms with van der Waals surface area (Å²) in [4.78, 5) is 4.42. The van der Waals surface area contributed by atoms with Gasteiger partial charge in [-0.25, -0.2) is 9.37 Å². The second-order valence-electron chi connectivity index (χ2n) is 3.76. The summed E-state index contributed by atoms with van der Waals surface area (Å²) in [6.45, 7) is 0.630. The first-order valence-corrected chi connectivity index (χ1v) is 7.04. The van der Waals surface area contributed by atoms with Crippen LogP contribution in [0, 0.1) is 5.82 Å². The Morgan fingerprint density at radius 3 is 2.78 bits per heavy atom. The fraction of sp³-hybridized carbons (Fsp3) is 0.250. The Morgan fingerprint density at radius 2 is 2.06 bits per heavy atom. The lowest BCUT2D eigenvalue weighted by Gasteiger charge is -2.02. The highest BCUT2D eigenvalue weighted by Gasteiger charge is 2.12. The first kappa shape index (κ1) is 13.7. The largest absolute Gasteiger partial charge is 0.330 e. The molecule has 1 aromatic heterocycles. The third-order valence-corrected chi connectivity index (χ3v) is 3.94. The summed E-state index contributed by atoms with van der Waals surface area (Å²) in [5.41, 5.74) is 6.68. The van der Waals surface area contributed by atoms with Crippen LogP contribution in [0.5, 0.6) is 0 Å². The lowest BCUT2D eigenvalue weighted by molar-refractivity contribution is 0.628. The van der Waals surface area contributed by atoms with Crippen LogP contribution in [0.1, 0.15) is 11.4 Å². The quantitative estimate of drug-likeness (QED) is 0.862.